The van der Waals surface area contributed by atoms with Gasteiger partial charge < -0.3 is 5.11 Å². The quantitative estimate of drug-likeness (QED) is 0.790. The number of aryl methyl sites for hydroxylation is 1. The first-order valence-electron chi connectivity index (χ1n) is 6.90. The monoisotopic (exact) mass is 231 g/mol. The van der Waals surface area contributed by atoms with E-state index in [1.807, 2.05) is 6.07 Å². The lowest BCUT2D eigenvalue weighted by molar-refractivity contribution is 0.147. The summed E-state index contributed by atoms with van der Waals surface area (Å²) in [6.45, 7) is 0. The predicted molar refractivity (Wildman–Crippen MR) is 71.6 cm³/mol. The predicted octanol–water partition coefficient (Wildman–Crippen LogP) is 3.76. The van der Waals surface area contributed by atoms with Crippen LogP contribution in [0.2, 0.25) is 0 Å². The number of hydrogen-bond donors (Lipinski definition) is 1. The van der Waals surface area contributed by atoms with E-state index < -0.39 is 0 Å². The van der Waals surface area contributed by atoms with Crippen molar-refractivity contribution in [3.8, 4) is 0 Å². The summed E-state index contributed by atoms with van der Waals surface area (Å²) in [4.78, 5) is 0. The highest BCUT2D eigenvalue weighted by molar-refractivity contribution is 5.14. The number of hydrogen-bond acceptors (Lipinski definition) is 1. The van der Waals surface area contributed by atoms with Crippen LogP contribution in [0.15, 0.2) is 30.3 Å². The van der Waals surface area contributed by atoms with Crippen LogP contribution in [0, 0.1) is 12.3 Å². The molecule has 0 bridgehead atoms. The molecule has 1 aromatic rings. The first kappa shape index (κ1) is 12.6. The Morgan fingerprint density at radius 1 is 1.18 bits per heavy atom. The number of benzene rings is 1. The topological polar surface area (TPSA) is 20.2 Å². The molecule has 1 N–H and O–H groups in total. The molecule has 0 aromatic heterocycles. The zero-order chi connectivity index (χ0) is 11.9. The molecule has 1 radical (unpaired) electrons. The van der Waals surface area contributed by atoms with Gasteiger partial charge in [-0.05, 0) is 50.0 Å². The minimum atomic E-state index is -0.121. The fourth-order valence-corrected chi connectivity index (χ4v) is 2.64. The van der Waals surface area contributed by atoms with Crippen molar-refractivity contribution in [3.05, 3.63) is 42.3 Å². The van der Waals surface area contributed by atoms with Crippen LogP contribution in [0.3, 0.4) is 0 Å². The second kappa shape index (κ2) is 6.80. The van der Waals surface area contributed by atoms with Gasteiger partial charge in [-0.15, -0.1) is 0 Å². The average Bonchev–Trinajstić information content (AvgIpc) is 2.88. The van der Waals surface area contributed by atoms with Crippen molar-refractivity contribution >= 4 is 0 Å². The average molecular weight is 231 g/mol. The highest BCUT2D eigenvalue weighted by atomic mass is 16.3. The summed E-state index contributed by atoms with van der Waals surface area (Å²) in [6.07, 6.45) is 10.3. The van der Waals surface area contributed by atoms with Crippen LogP contribution in [0.4, 0.5) is 0 Å². The maximum Gasteiger partial charge on any atom is 0.0543 e. The molecule has 0 saturated heterocycles. The Bertz CT molecular complexity index is 301. The number of aliphatic hydroxyl groups is 1. The third-order valence-corrected chi connectivity index (χ3v) is 3.76. The molecule has 0 aliphatic heterocycles. The van der Waals surface area contributed by atoms with Crippen molar-refractivity contribution in [2.24, 2.45) is 5.92 Å². The van der Waals surface area contributed by atoms with Gasteiger partial charge in [-0.2, -0.15) is 0 Å². The summed E-state index contributed by atoms with van der Waals surface area (Å²) in [5, 5.41) is 9.96. The molecule has 0 spiro atoms. The van der Waals surface area contributed by atoms with Gasteiger partial charge in [0.05, 0.1) is 6.10 Å². The SMILES string of the molecule is O[C@@H](CCc1ccccc1)CCC1[CH]CCC1. The third-order valence-electron chi connectivity index (χ3n) is 3.76. The molecule has 1 aliphatic rings. The molecule has 2 atom stereocenters. The Morgan fingerprint density at radius 2 is 2.00 bits per heavy atom. The molecular weight excluding hydrogens is 208 g/mol. The van der Waals surface area contributed by atoms with E-state index in [1.54, 1.807) is 0 Å². The lowest BCUT2D eigenvalue weighted by atomic mass is 9.97. The highest BCUT2D eigenvalue weighted by Gasteiger charge is 2.16. The van der Waals surface area contributed by atoms with Gasteiger partial charge in [-0.1, -0.05) is 43.2 Å². The summed E-state index contributed by atoms with van der Waals surface area (Å²) in [5.74, 6) is 0.779. The van der Waals surface area contributed by atoms with Crippen molar-refractivity contribution in [2.45, 2.75) is 51.0 Å². The maximum absolute atomic E-state index is 9.96. The van der Waals surface area contributed by atoms with Crippen LogP contribution in [-0.2, 0) is 6.42 Å². The molecule has 2 rings (SSSR count). The summed E-state index contributed by atoms with van der Waals surface area (Å²) >= 11 is 0. The lowest BCUT2D eigenvalue weighted by Crippen LogP contribution is -2.10. The van der Waals surface area contributed by atoms with E-state index in [-0.39, 0.29) is 6.10 Å². The second-order valence-corrected chi connectivity index (χ2v) is 5.18. The van der Waals surface area contributed by atoms with Gasteiger partial charge >= 0.3 is 0 Å². The van der Waals surface area contributed by atoms with Gasteiger partial charge in [0.15, 0.2) is 0 Å². The van der Waals surface area contributed by atoms with E-state index in [2.05, 4.69) is 30.7 Å². The number of rotatable bonds is 6. The van der Waals surface area contributed by atoms with Crippen molar-refractivity contribution in [3.63, 3.8) is 0 Å². The van der Waals surface area contributed by atoms with Crippen LogP contribution >= 0.6 is 0 Å². The van der Waals surface area contributed by atoms with E-state index in [1.165, 1.54) is 31.2 Å². The number of aliphatic hydroxyl groups excluding tert-OH is 1. The van der Waals surface area contributed by atoms with Gasteiger partial charge in [0.2, 0.25) is 0 Å². The Morgan fingerprint density at radius 3 is 2.71 bits per heavy atom. The Hall–Kier alpha value is -0.820. The molecule has 1 unspecified atom stereocenters. The van der Waals surface area contributed by atoms with E-state index in [0.29, 0.717) is 0 Å². The fourth-order valence-electron chi connectivity index (χ4n) is 2.64. The normalized spacial score (nSPS) is 18.4. The molecule has 17 heavy (non-hydrogen) atoms. The minimum Gasteiger partial charge on any atom is -0.393 e. The van der Waals surface area contributed by atoms with Crippen molar-refractivity contribution < 1.29 is 5.11 Å². The van der Waals surface area contributed by atoms with Crippen LogP contribution in [0.5, 0.6) is 0 Å². The zero-order valence-electron chi connectivity index (χ0n) is 10.5. The zero-order valence-corrected chi connectivity index (χ0v) is 10.5. The molecule has 0 amide bonds. The van der Waals surface area contributed by atoms with Gasteiger partial charge in [0, 0.05) is 0 Å². The minimum absolute atomic E-state index is 0.121. The molecule has 1 nitrogen and oxygen atoms in total. The molecule has 0 heterocycles. The van der Waals surface area contributed by atoms with Crippen molar-refractivity contribution in [1.82, 2.24) is 0 Å². The van der Waals surface area contributed by atoms with E-state index in [4.69, 9.17) is 0 Å². The molecule has 93 valence electrons. The van der Waals surface area contributed by atoms with E-state index in [9.17, 15) is 5.11 Å². The van der Waals surface area contributed by atoms with E-state index in [0.717, 1.165) is 25.2 Å². The highest BCUT2D eigenvalue weighted by Crippen LogP contribution is 2.28. The van der Waals surface area contributed by atoms with Crippen molar-refractivity contribution in [1.29, 1.82) is 0 Å². The molecular formula is C16H23O. The van der Waals surface area contributed by atoms with Crippen LogP contribution in [0.25, 0.3) is 0 Å². The Kier molecular flexibility index (Phi) is 5.06. The standard InChI is InChI=1S/C16H23O/c17-16(13-11-15-8-4-5-9-15)12-10-14-6-2-1-3-7-14/h1-3,6-8,15-17H,4-5,9-13H2/t15?,16-/m0/s1. The largest absolute Gasteiger partial charge is 0.393 e. The van der Waals surface area contributed by atoms with Crippen LogP contribution < -0.4 is 0 Å². The van der Waals surface area contributed by atoms with E-state index >= 15 is 0 Å². The van der Waals surface area contributed by atoms with Crippen LogP contribution in [-0.4, -0.2) is 11.2 Å². The van der Waals surface area contributed by atoms with Crippen LogP contribution in [0.1, 0.15) is 44.1 Å². The molecule has 1 fully saturated rings. The van der Waals surface area contributed by atoms with Gasteiger partial charge in [0.1, 0.15) is 0 Å². The maximum atomic E-state index is 9.96. The van der Waals surface area contributed by atoms with Gasteiger partial charge in [0.25, 0.3) is 0 Å². The van der Waals surface area contributed by atoms with Gasteiger partial charge in [-0.25, -0.2) is 0 Å². The van der Waals surface area contributed by atoms with Crippen molar-refractivity contribution in [2.75, 3.05) is 0 Å². The molecule has 1 aromatic carbocycles. The fraction of sp³-hybridized carbons (Fsp3) is 0.562. The Balaban J connectivity index is 1.62. The first-order chi connectivity index (χ1) is 8.34. The second-order valence-electron chi connectivity index (χ2n) is 5.18. The summed E-state index contributed by atoms with van der Waals surface area (Å²) in [7, 11) is 0. The lowest BCUT2D eigenvalue weighted by Gasteiger charge is -2.13. The Labute approximate surface area is 105 Å². The smallest absolute Gasteiger partial charge is 0.0543 e. The molecule has 1 saturated carbocycles. The summed E-state index contributed by atoms with van der Waals surface area (Å²) in [6, 6.07) is 10.4. The third kappa shape index (κ3) is 4.51. The first-order valence-corrected chi connectivity index (χ1v) is 6.90. The summed E-state index contributed by atoms with van der Waals surface area (Å²) in [5.41, 5.74) is 1.33. The van der Waals surface area contributed by atoms with Gasteiger partial charge in [-0.3, -0.25) is 0 Å². The molecule has 1 aliphatic carbocycles. The molecule has 1 heteroatoms. The summed E-state index contributed by atoms with van der Waals surface area (Å²) < 4.78 is 0.